The lowest BCUT2D eigenvalue weighted by Crippen LogP contribution is -2.02. The lowest BCUT2D eigenvalue weighted by Gasteiger charge is -2.09. The Morgan fingerprint density at radius 2 is 1.26 bits per heavy atom. The van der Waals surface area contributed by atoms with E-state index < -0.39 is 0 Å². The standard InChI is InChI=1S/C38H25N3S/c39-38(27-20-18-26(19-21-27)25-10-2-1-3-11-25)30-14-4-7-15-33(30)40-24-41-34-16-8-5-12-28(34)31-23-37-32(22-35(31)41)29-13-6-9-17-36(29)42-37/h1-24,39H/b39-38?,40-24+. The first kappa shape index (κ1) is 24.5. The van der Waals surface area contributed by atoms with E-state index in [9.17, 15) is 0 Å². The summed E-state index contributed by atoms with van der Waals surface area (Å²) in [5, 5.41) is 14.0. The monoisotopic (exact) mass is 555 g/mol. The van der Waals surface area contributed by atoms with Crippen LogP contribution in [0.15, 0.2) is 145 Å². The zero-order valence-corrected chi connectivity index (χ0v) is 23.5. The van der Waals surface area contributed by atoms with Crippen molar-refractivity contribution in [2.24, 2.45) is 4.99 Å². The van der Waals surface area contributed by atoms with Crippen LogP contribution in [0.5, 0.6) is 0 Å². The number of hydrogen-bond acceptors (Lipinski definition) is 3. The van der Waals surface area contributed by atoms with E-state index >= 15 is 0 Å². The first-order valence-electron chi connectivity index (χ1n) is 14.0. The Hall–Kier alpha value is -5.32. The maximum absolute atomic E-state index is 9.07. The molecule has 0 spiro atoms. The molecule has 3 nitrogen and oxygen atoms in total. The summed E-state index contributed by atoms with van der Waals surface area (Å²) < 4.78 is 4.78. The van der Waals surface area contributed by atoms with E-state index in [1.165, 1.54) is 36.5 Å². The van der Waals surface area contributed by atoms with E-state index in [2.05, 4.69) is 89.5 Å². The highest BCUT2D eigenvalue weighted by molar-refractivity contribution is 7.25. The Bertz CT molecular complexity index is 2310. The largest absolute Gasteiger partial charge is 0.300 e. The molecule has 0 radical (unpaired) electrons. The minimum atomic E-state index is 0.455. The van der Waals surface area contributed by atoms with Crippen molar-refractivity contribution in [1.82, 2.24) is 4.57 Å². The topological polar surface area (TPSA) is 41.1 Å². The van der Waals surface area contributed by atoms with Gasteiger partial charge in [0.1, 0.15) is 6.34 Å². The van der Waals surface area contributed by atoms with E-state index in [0.717, 1.165) is 33.4 Å². The van der Waals surface area contributed by atoms with Crippen LogP contribution in [0.2, 0.25) is 0 Å². The van der Waals surface area contributed by atoms with Gasteiger partial charge in [-0.25, -0.2) is 4.99 Å². The molecule has 4 heteroatoms. The molecule has 8 aromatic rings. The Balaban J connectivity index is 1.22. The summed E-state index contributed by atoms with van der Waals surface area (Å²) in [4.78, 5) is 4.99. The van der Waals surface area contributed by atoms with Gasteiger partial charge >= 0.3 is 0 Å². The van der Waals surface area contributed by atoms with Gasteiger partial charge in [0.05, 0.1) is 22.4 Å². The average molecular weight is 556 g/mol. The summed E-state index contributed by atoms with van der Waals surface area (Å²) in [7, 11) is 0. The minimum absolute atomic E-state index is 0.455. The Morgan fingerprint density at radius 3 is 2.12 bits per heavy atom. The van der Waals surface area contributed by atoms with Crippen molar-refractivity contribution in [1.29, 1.82) is 5.41 Å². The van der Waals surface area contributed by atoms with Crippen molar-refractivity contribution >= 4 is 71.1 Å². The maximum Gasteiger partial charge on any atom is 0.100 e. The van der Waals surface area contributed by atoms with Gasteiger partial charge in [0.2, 0.25) is 0 Å². The number of hydrogen-bond donors (Lipinski definition) is 1. The smallest absolute Gasteiger partial charge is 0.100 e. The van der Waals surface area contributed by atoms with E-state index in [4.69, 9.17) is 10.4 Å². The average Bonchev–Trinajstić information content (AvgIpc) is 3.57. The van der Waals surface area contributed by atoms with Gasteiger partial charge in [-0.2, -0.15) is 0 Å². The molecule has 0 saturated carbocycles. The first-order valence-corrected chi connectivity index (χ1v) is 14.8. The fraction of sp³-hybridized carbons (Fsp3) is 0. The third-order valence-electron chi connectivity index (χ3n) is 7.97. The highest BCUT2D eigenvalue weighted by Gasteiger charge is 2.14. The number of benzene rings is 6. The second kappa shape index (κ2) is 9.95. The zero-order valence-electron chi connectivity index (χ0n) is 22.7. The molecule has 0 aliphatic carbocycles. The third-order valence-corrected chi connectivity index (χ3v) is 9.11. The second-order valence-electron chi connectivity index (χ2n) is 10.4. The molecule has 2 aromatic heterocycles. The first-order chi connectivity index (χ1) is 20.7. The second-order valence-corrected chi connectivity index (χ2v) is 11.5. The molecule has 1 N–H and O–H groups in total. The van der Waals surface area contributed by atoms with Gasteiger partial charge in [0.15, 0.2) is 0 Å². The maximum atomic E-state index is 9.07. The van der Waals surface area contributed by atoms with Crippen LogP contribution in [0.4, 0.5) is 5.69 Å². The van der Waals surface area contributed by atoms with E-state index in [1.807, 2.05) is 72.3 Å². The number of rotatable bonds is 5. The molecule has 198 valence electrons. The molecule has 0 atom stereocenters. The molecular weight excluding hydrogens is 531 g/mol. The zero-order chi connectivity index (χ0) is 28.0. The molecule has 8 rings (SSSR count). The van der Waals surface area contributed by atoms with Gasteiger partial charge in [-0.15, -0.1) is 11.3 Å². The number of fused-ring (bicyclic) bond motifs is 6. The normalized spacial score (nSPS) is 11.8. The molecule has 0 bridgehead atoms. The molecule has 0 saturated heterocycles. The predicted molar refractivity (Wildman–Crippen MR) is 180 cm³/mol. The summed E-state index contributed by atoms with van der Waals surface area (Å²) in [6, 6.07) is 48.2. The summed E-state index contributed by atoms with van der Waals surface area (Å²) >= 11 is 1.84. The number of nitrogens with zero attached hydrogens (tertiary/aromatic N) is 2. The fourth-order valence-electron chi connectivity index (χ4n) is 5.87. The number of aliphatic imine (C=N–C) groups is 1. The fourth-order valence-corrected chi connectivity index (χ4v) is 7.00. The number of nitrogens with one attached hydrogen (secondary N) is 1. The number of thiophene rings is 1. The lowest BCUT2D eigenvalue weighted by atomic mass is 9.98. The van der Waals surface area contributed by atoms with Crippen LogP contribution in [-0.4, -0.2) is 16.6 Å². The van der Waals surface area contributed by atoms with Gasteiger partial charge in [-0.05, 0) is 41.5 Å². The quantitative estimate of drug-likeness (QED) is 0.162. The van der Waals surface area contributed by atoms with Crippen molar-refractivity contribution in [3.8, 4) is 11.1 Å². The molecule has 42 heavy (non-hydrogen) atoms. The lowest BCUT2D eigenvalue weighted by molar-refractivity contribution is 1.30. The van der Waals surface area contributed by atoms with Crippen molar-refractivity contribution in [3.05, 3.63) is 151 Å². The van der Waals surface area contributed by atoms with E-state index in [1.54, 1.807) is 0 Å². The molecule has 0 amide bonds. The number of para-hydroxylation sites is 2. The van der Waals surface area contributed by atoms with Gasteiger partial charge in [-0.1, -0.05) is 109 Å². The molecule has 6 aromatic carbocycles. The SMILES string of the molecule is N=C(c1ccc(-c2ccccc2)cc1)c1ccccc1/N=C/n1c2ccccc2c2cc3sc4ccccc4c3cc21. The van der Waals surface area contributed by atoms with Crippen LogP contribution < -0.4 is 0 Å². The van der Waals surface area contributed by atoms with Crippen LogP contribution in [0.3, 0.4) is 0 Å². The van der Waals surface area contributed by atoms with Crippen molar-refractivity contribution in [2.45, 2.75) is 0 Å². The summed E-state index contributed by atoms with van der Waals surface area (Å²) in [6.07, 6.45) is 1.91. The molecule has 0 fully saturated rings. The van der Waals surface area contributed by atoms with Crippen LogP contribution in [0.1, 0.15) is 11.1 Å². The van der Waals surface area contributed by atoms with Gasteiger partial charge in [0.25, 0.3) is 0 Å². The van der Waals surface area contributed by atoms with Gasteiger partial charge in [-0.3, -0.25) is 9.98 Å². The molecular formula is C38H25N3S. The molecule has 0 unspecified atom stereocenters. The molecule has 2 heterocycles. The summed E-state index contributed by atoms with van der Waals surface area (Å²) in [6.45, 7) is 0. The summed E-state index contributed by atoms with van der Waals surface area (Å²) in [5.74, 6) is 0. The van der Waals surface area contributed by atoms with E-state index in [-0.39, 0.29) is 0 Å². The number of aromatic nitrogens is 1. The molecule has 0 aliphatic heterocycles. The van der Waals surface area contributed by atoms with E-state index in [0.29, 0.717) is 5.71 Å². The van der Waals surface area contributed by atoms with Crippen LogP contribution >= 0.6 is 11.3 Å². The Kier molecular flexibility index (Phi) is 5.80. The van der Waals surface area contributed by atoms with Gasteiger partial charge < -0.3 is 0 Å². The minimum Gasteiger partial charge on any atom is -0.300 e. The predicted octanol–water partition coefficient (Wildman–Crippen LogP) is 10.5. The Morgan fingerprint density at radius 1 is 0.571 bits per heavy atom. The van der Waals surface area contributed by atoms with Crippen LogP contribution in [0.25, 0.3) is 53.1 Å². The van der Waals surface area contributed by atoms with Crippen molar-refractivity contribution in [3.63, 3.8) is 0 Å². The third kappa shape index (κ3) is 4.04. The highest BCUT2D eigenvalue weighted by atomic mass is 32.1. The van der Waals surface area contributed by atoms with Crippen molar-refractivity contribution < 1.29 is 0 Å². The van der Waals surface area contributed by atoms with Crippen LogP contribution in [0, 0.1) is 5.41 Å². The summed E-state index contributed by atoms with van der Waals surface area (Å²) in [5.41, 5.74) is 7.42. The highest BCUT2D eigenvalue weighted by Crippen LogP contribution is 2.39. The van der Waals surface area contributed by atoms with Crippen LogP contribution in [-0.2, 0) is 0 Å². The Labute approximate surface area is 247 Å². The molecule has 0 aliphatic rings. The van der Waals surface area contributed by atoms with Crippen molar-refractivity contribution in [2.75, 3.05) is 0 Å². The van der Waals surface area contributed by atoms with Gasteiger partial charge in [0, 0.05) is 42.1 Å².